The molecule has 124 valence electrons. The Morgan fingerprint density at radius 3 is 2.75 bits per heavy atom. The molecule has 0 saturated heterocycles. The lowest BCUT2D eigenvalue weighted by atomic mass is 10.2. The Morgan fingerprint density at radius 1 is 1.38 bits per heavy atom. The molecule has 0 atom stereocenters. The van der Waals surface area contributed by atoms with Gasteiger partial charge in [0.15, 0.2) is 5.13 Å². The molecule has 0 radical (unpaired) electrons. The van der Waals surface area contributed by atoms with E-state index in [4.69, 9.17) is 11.6 Å². The summed E-state index contributed by atoms with van der Waals surface area (Å²) in [5, 5.41) is 9.86. The van der Waals surface area contributed by atoms with Crippen LogP contribution in [-0.4, -0.2) is 20.7 Å². The van der Waals surface area contributed by atoms with Crippen molar-refractivity contribution in [3.8, 4) is 11.3 Å². The maximum absolute atomic E-state index is 12.5. The lowest BCUT2D eigenvalue weighted by Gasteiger charge is -2.04. The van der Waals surface area contributed by atoms with Gasteiger partial charge in [0.2, 0.25) is 0 Å². The average Bonchev–Trinajstić information content (AvgIpc) is 3.13. The van der Waals surface area contributed by atoms with Crippen LogP contribution in [0.25, 0.3) is 11.3 Å². The smallest absolute Gasteiger partial charge is 0.277 e. The van der Waals surface area contributed by atoms with Crippen molar-refractivity contribution >= 4 is 49.9 Å². The second-order valence-electron chi connectivity index (χ2n) is 5.06. The highest BCUT2D eigenvalue weighted by atomic mass is 79.9. The van der Waals surface area contributed by atoms with Crippen molar-refractivity contribution in [3.63, 3.8) is 0 Å². The van der Waals surface area contributed by atoms with Gasteiger partial charge >= 0.3 is 0 Å². The van der Waals surface area contributed by atoms with E-state index in [0.29, 0.717) is 28.1 Å². The monoisotopic (exact) mass is 424 g/mol. The van der Waals surface area contributed by atoms with Crippen LogP contribution >= 0.6 is 38.9 Å². The standard InChI is InChI=1S/C16H14BrClN4OS/c1-3-22-14(13(18)9(2)21-22)15(23)20-16-19-12(8-24-16)10-4-6-11(17)7-5-10/h4-8H,3H2,1-2H3,(H,19,20,23). The Bertz CT molecular complexity index is 888. The molecule has 0 aliphatic carbocycles. The predicted molar refractivity (Wildman–Crippen MR) is 101 cm³/mol. The average molecular weight is 426 g/mol. The maximum atomic E-state index is 12.5. The summed E-state index contributed by atoms with van der Waals surface area (Å²) < 4.78 is 2.60. The number of carbonyl (C=O) groups is 1. The third-order valence-electron chi connectivity index (χ3n) is 3.43. The third kappa shape index (κ3) is 3.38. The molecule has 1 amide bonds. The molecular formula is C16H14BrClN4OS. The summed E-state index contributed by atoms with van der Waals surface area (Å²) in [6, 6.07) is 7.85. The van der Waals surface area contributed by atoms with Crippen molar-refractivity contribution in [2.75, 3.05) is 5.32 Å². The van der Waals surface area contributed by atoms with E-state index in [0.717, 1.165) is 15.7 Å². The van der Waals surface area contributed by atoms with Gasteiger partial charge in [-0.05, 0) is 26.0 Å². The molecule has 1 N–H and O–H groups in total. The number of nitrogens with zero attached hydrogens (tertiary/aromatic N) is 3. The summed E-state index contributed by atoms with van der Waals surface area (Å²) in [6.07, 6.45) is 0. The summed E-state index contributed by atoms with van der Waals surface area (Å²) in [5.41, 5.74) is 2.80. The molecule has 0 aliphatic rings. The van der Waals surface area contributed by atoms with Gasteiger partial charge in [-0.3, -0.25) is 14.8 Å². The Balaban J connectivity index is 1.82. The minimum atomic E-state index is -0.306. The summed E-state index contributed by atoms with van der Waals surface area (Å²) in [5.74, 6) is -0.306. The zero-order valence-corrected chi connectivity index (χ0v) is 16.2. The van der Waals surface area contributed by atoms with Gasteiger partial charge in [-0.15, -0.1) is 11.3 Å². The van der Waals surface area contributed by atoms with Gasteiger partial charge < -0.3 is 0 Å². The lowest BCUT2D eigenvalue weighted by molar-refractivity contribution is 0.101. The normalized spacial score (nSPS) is 10.8. The number of anilines is 1. The van der Waals surface area contributed by atoms with Crippen molar-refractivity contribution < 1.29 is 4.79 Å². The first-order valence-corrected chi connectivity index (χ1v) is 9.30. The minimum Gasteiger partial charge on any atom is -0.296 e. The van der Waals surface area contributed by atoms with Gasteiger partial charge in [-0.2, -0.15) is 5.10 Å². The van der Waals surface area contributed by atoms with Crippen LogP contribution < -0.4 is 5.32 Å². The molecule has 3 rings (SSSR count). The molecule has 3 aromatic rings. The van der Waals surface area contributed by atoms with E-state index >= 15 is 0 Å². The van der Waals surface area contributed by atoms with Crippen molar-refractivity contribution in [2.24, 2.45) is 0 Å². The minimum absolute atomic E-state index is 0.306. The maximum Gasteiger partial charge on any atom is 0.277 e. The molecule has 2 aromatic heterocycles. The fraction of sp³-hybridized carbons (Fsp3) is 0.188. The van der Waals surface area contributed by atoms with Gasteiger partial charge in [0.1, 0.15) is 5.69 Å². The number of nitrogens with one attached hydrogen (secondary N) is 1. The van der Waals surface area contributed by atoms with Crippen molar-refractivity contribution in [1.82, 2.24) is 14.8 Å². The highest BCUT2D eigenvalue weighted by molar-refractivity contribution is 9.10. The topological polar surface area (TPSA) is 59.8 Å². The first kappa shape index (κ1) is 17.1. The van der Waals surface area contributed by atoms with Gasteiger partial charge in [-0.25, -0.2) is 4.98 Å². The van der Waals surface area contributed by atoms with E-state index < -0.39 is 0 Å². The first-order chi connectivity index (χ1) is 11.5. The number of carbonyl (C=O) groups excluding carboxylic acids is 1. The van der Waals surface area contributed by atoms with Gasteiger partial charge in [0.25, 0.3) is 5.91 Å². The van der Waals surface area contributed by atoms with E-state index in [9.17, 15) is 4.79 Å². The number of thiazole rings is 1. The second-order valence-corrected chi connectivity index (χ2v) is 7.21. The van der Waals surface area contributed by atoms with Crippen LogP contribution in [0.3, 0.4) is 0 Å². The molecule has 0 unspecified atom stereocenters. The number of hydrogen-bond donors (Lipinski definition) is 1. The predicted octanol–water partition coefficient (Wildman–Crippen LogP) is 5.00. The van der Waals surface area contributed by atoms with E-state index in [-0.39, 0.29) is 5.91 Å². The van der Waals surface area contributed by atoms with Gasteiger partial charge in [-0.1, -0.05) is 39.7 Å². The van der Waals surface area contributed by atoms with E-state index in [1.807, 2.05) is 36.6 Å². The molecule has 8 heteroatoms. The molecule has 0 bridgehead atoms. The van der Waals surface area contributed by atoms with Crippen molar-refractivity contribution in [1.29, 1.82) is 0 Å². The van der Waals surface area contributed by atoms with Crippen LogP contribution in [0.1, 0.15) is 23.1 Å². The highest BCUT2D eigenvalue weighted by Gasteiger charge is 2.20. The van der Waals surface area contributed by atoms with Gasteiger partial charge in [0, 0.05) is 22.0 Å². The fourth-order valence-electron chi connectivity index (χ4n) is 2.25. The molecule has 5 nitrogen and oxygen atoms in total. The molecule has 1 aromatic carbocycles. The molecule has 0 aliphatic heterocycles. The van der Waals surface area contributed by atoms with Crippen LogP contribution in [0.5, 0.6) is 0 Å². The van der Waals surface area contributed by atoms with Crippen molar-refractivity contribution in [3.05, 3.63) is 50.5 Å². The first-order valence-electron chi connectivity index (χ1n) is 7.25. The number of benzene rings is 1. The van der Waals surface area contributed by atoms with E-state index in [1.165, 1.54) is 11.3 Å². The number of rotatable bonds is 4. The zero-order chi connectivity index (χ0) is 17.3. The fourth-order valence-corrected chi connectivity index (χ4v) is 3.45. The largest absolute Gasteiger partial charge is 0.296 e. The van der Waals surface area contributed by atoms with Crippen molar-refractivity contribution in [2.45, 2.75) is 20.4 Å². The lowest BCUT2D eigenvalue weighted by Crippen LogP contribution is -2.17. The van der Waals surface area contributed by atoms with Crippen LogP contribution in [0.15, 0.2) is 34.1 Å². The Hall–Kier alpha value is -1.70. The highest BCUT2D eigenvalue weighted by Crippen LogP contribution is 2.27. The van der Waals surface area contributed by atoms with Crippen LogP contribution in [0, 0.1) is 6.92 Å². The summed E-state index contributed by atoms with van der Waals surface area (Å²) in [7, 11) is 0. The number of halogens is 2. The van der Waals surface area contributed by atoms with Crippen LogP contribution in [0.4, 0.5) is 5.13 Å². The third-order valence-corrected chi connectivity index (χ3v) is 5.17. The number of hydrogen-bond acceptors (Lipinski definition) is 4. The molecule has 24 heavy (non-hydrogen) atoms. The summed E-state index contributed by atoms with van der Waals surface area (Å²) in [4.78, 5) is 17.0. The van der Waals surface area contributed by atoms with E-state index in [2.05, 4.69) is 31.3 Å². The molecule has 0 fully saturated rings. The Morgan fingerprint density at radius 2 is 2.08 bits per heavy atom. The summed E-state index contributed by atoms with van der Waals surface area (Å²) in [6.45, 7) is 4.26. The quantitative estimate of drug-likeness (QED) is 0.639. The Kier molecular flexibility index (Phi) is 5.03. The summed E-state index contributed by atoms with van der Waals surface area (Å²) >= 11 is 11.0. The van der Waals surface area contributed by atoms with Gasteiger partial charge in [0.05, 0.1) is 16.4 Å². The molecule has 2 heterocycles. The molecule has 0 saturated carbocycles. The Labute approximate surface area is 156 Å². The number of aryl methyl sites for hydroxylation is 2. The molecular weight excluding hydrogens is 412 g/mol. The number of amides is 1. The van der Waals surface area contributed by atoms with Crippen LogP contribution in [-0.2, 0) is 6.54 Å². The SMILES string of the molecule is CCn1nc(C)c(Cl)c1C(=O)Nc1nc(-c2ccc(Br)cc2)cs1. The molecule has 0 spiro atoms. The van der Waals surface area contributed by atoms with Crippen LogP contribution in [0.2, 0.25) is 5.02 Å². The number of aromatic nitrogens is 3. The van der Waals surface area contributed by atoms with E-state index in [1.54, 1.807) is 11.6 Å². The second kappa shape index (κ2) is 7.04. The zero-order valence-electron chi connectivity index (χ0n) is 13.0.